The third-order valence-corrected chi connectivity index (χ3v) is 4.14. The van der Waals surface area contributed by atoms with Crippen LogP contribution < -0.4 is 0 Å². The molecule has 0 spiro atoms. The van der Waals surface area contributed by atoms with Crippen LogP contribution in [0.4, 0.5) is 0 Å². The van der Waals surface area contributed by atoms with Gasteiger partial charge in [0.25, 0.3) is 11.1 Å². The van der Waals surface area contributed by atoms with Gasteiger partial charge in [0.15, 0.2) is 5.78 Å². The predicted molar refractivity (Wildman–Crippen MR) is 82.8 cm³/mol. The average molecular weight is 314 g/mol. The van der Waals surface area contributed by atoms with Crippen molar-refractivity contribution in [2.75, 3.05) is 0 Å². The van der Waals surface area contributed by atoms with Gasteiger partial charge in [-0.3, -0.25) is 4.79 Å². The molecule has 0 N–H and O–H groups in total. The maximum Gasteiger partial charge on any atom is 0.277 e. The molecule has 3 aromatic rings. The first-order valence-electron chi connectivity index (χ1n) is 6.79. The Morgan fingerprint density at radius 1 is 1.18 bits per heavy atom. The highest BCUT2D eigenvalue weighted by atomic mass is 32.2. The first-order valence-corrected chi connectivity index (χ1v) is 7.67. The van der Waals surface area contributed by atoms with Crippen molar-refractivity contribution in [1.82, 2.24) is 10.2 Å². The number of furan rings is 1. The number of rotatable bonds is 5. The Kier molecular flexibility index (Phi) is 4.11. The van der Waals surface area contributed by atoms with Crippen molar-refractivity contribution in [2.24, 2.45) is 0 Å². The highest BCUT2D eigenvalue weighted by Gasteiger charge is 2.20. The predicted octanol–water partition coefficient (Wildman–Crippen LogP) is 4.00. The molecule has 0 aliphatic rings. The largest absolute Gasteiger partial charge is 0.469 e. The van der Waals surface area contributed by atoms with E-state index in [-0.39, 0.29) is 11.0 Å². The zero-order chi connectivity index (χ0) is 15.5. The van der Waals surface area contributed by atoms with Gasteiger partial charge in [0.1, 0.15) is 5.76 Å². The summed E-state index contributed by atoms with van der Waals surface area (Å²) in [5, 5.41) is 8.04. The molecule has 5 nitrogen and oxygen atoms in total. The van der Waals surface area contributed by atoms with Crippen LogP contribution >= 0.6 is 11.8 Å². The van der Waals surface area contributed by atoms with Crippen LogP contribution in [-0.2, 0) is 0 Å². The fourth-order valence-electron chi connectivity index (χ4n) is 2.01. The topological polar surface area (TPSA) is 69.1 Å². The van der Waals surface area contributed by atoms with Crippen LogP contribution in [0.5, 0.6) is 0 Å². The van der Waals surface area contributed by atoms with Gasteiger partial charge in [0.05, 0.1) is 17.1 Å². The van der Waals surface area contributed by atoms with E-state index in [1.807, 2.05) is 32.0 Å². The smallest absolute Gasteiger partial charge is 0.277 e. The van der Waals surface area contributed by atoms with Gasteiger partial charge in [-0.25, -0.2) is 0 Å². The monoisotopic (exact) mass is 314 g/mol. The minimum absolute atomic E-state index is 0.0323. The number of ketones is 1. The summed E-state index contributed by atoms with van der Waals surface area (Å²) in [5.74, 6) is 1.14. The fraction of sp³-hybridized carbons (Fsp3) is 0.188. The second-order valence-corrected chi connectivity index (χ2v) is 6.05. The van der Waals surface area contributed by atoms with Gasteiger partial charge in [-0.1, -0.05) is 42.1 Å². The van der Waals surface area contributed by atoms with Gasteiger partial charge in [-0.05, 0) is 19.9 Å². The Balaban J connectivity index is 1.73. The molecule has 1 aromatic carbocycles. The fourth-order valence-corrected chi connectivity index (χ4v) is 2.78. The van der Waals surface area contributed by atoms with Crippen LogP contribution in [0.3, 0.4) is 0 Å². The highest BCUT2D eigenvalue weighted by Crippen LogP contribution is 2.29. The summed E-state index contributed by atoms with van der Waals surface area (Å²) in [5.41, 5.74) is 1.44. The molecular formula is C16H14N2O3S. The van der Waals surface area contributed by atoms with Gasteiger partial charge in [0.2, 0.25) is 0 Å². The highest BCUT2D eigenvalue weighted by molar-refractivity contribution is 8.00. The lowest BCUT2D eigenvalue weighted by molar-refractivity contribution is 0.0993. The number of carbonyl (C=O) groups excluding carboxylic acids is 1. The van der Waals surface area contributed by atoms with Crippen molar-refractivity contribution in [3.8, 4) is 11.5 Å². The Bertz CT molecular complexity index is 780. The van der Waals surface area contributed by atoms with E-state index in [4.69, 9.17) is 8.83 Å². The molecular weight excluding hydrogens is 300 g/mol. The molecule has 3 rings (SSSR count). The van der Waals surface area contributed by atoms with Crippen molar-refractivity contribution in [2.45, 2.75) is 24.3 Å². The normalized spacial score (nSPS) is 12.3. The number of thioether (sulfide) groups is 1. The van der Waals surface area contributed by atoms with Crippen molar-refractivity contribution in [3.05, 3.63) is 54.0 Å². The molecule has 1 atom stereocenters. The SMILES string of the molecule is Cc1occc1-c1nnc(SC(C)C(=O)c2ccccc2)o1. The van der Waals surface area contributed by atoms with Crippen molar-refractivity contribution in [1.29, 1.82) is 0 Å². The summed E-state index contributed by atoms with van der Waals surface area (Å²) in [4.78, 5) is 12.3. The summed E-state index contributed by atoms with van der Waals surface area (Å²) in [6.07, 6.45) is 1.57. The number of hydrogen-bond acceptors (Lipinski definition) is 6. The van der Waals surface area contributed by atoms with Crippen LogP contribution in [0.25, 0.3) is 11.5 Å². The lowest BCUT2D eigenvalue weighted by atomic mass is 10.1. The number of benzene rings is 1. The minimum Gasteiger partial charge on any atom is -0.469 e. The number of hydrogen-bond donors (Lipinski definition) is 0. The van der Waals surface area contributed by atoms with Gasteiger partial charge in [-0.2, -0.15) is 0 Å². The molecule has 0 saturated carbocycles. The maximum absolute atomic E-state index is 12.3. The third-order valence-electron chi connectivity index (χ3n) is 3.20. The van der Waals surface area contributed by atoms with Crippen LogP contribution in [0.15, 0.2) is 56.7 Å². The molecule has 1 unspecified atom stereocenters. The van der Waals surface area contributed by atoms with Gasteiger partial charge in [-0.15, -0.1) is 10.2 Å². The molecule has 0 saturated heterocycles. The molecule has 0 fully saturated rings. The van der Waals surface area contributed by atoms with E-state index in [0.29, 0.717) is 22.4 Å². The second kappa shape index (κ2) is 6.19. The van der Waals surface area contributed by atoms with Gasteiger partial charge in [0, 0.05) is 5.56 Å². The molecule has 112 valence electrons. The summed E-state index contributed by atoms with van der Waals surface area (Å²) in [6.45, 7) is 3.65. The zero-order valence-electron chi connectivity index (χ0n) is 12.1. The van der Waals surface area contributed by atoms with Crippen molar-refractivity contribution < 1.29 is 13.6 Å². The van der Waals surface area contributed by atoms with Gasteiger partial charge < -0.3 is 8.83 Å². The van der Waals surface area contributed by atoms with Crippen LogP contribution in [-0.4, -0.2) is 21.2 Å². The number of nitrogens with zero attached hydrogens (tertiary/aromatic N) is 2. The van der Waals surface area contributed by atoms with E-state index in [2.05, 4.69) is 10.2 Å². The van der Waals surface area contributed by atoms with E-state index in [0.717, 1.165) is 5.56 Å². The molecule has 6 heteroatoms. The Morgan fingerprint density at radius 2 is 1.95 bits per heavy atom. The van der Waals surface area contributed by atoms with Crippen LogP contribution in [0, 0.1) is 6.92 Å². The number of aromatic nitrogens is 2. The Hall–Kier alpha value is -2.34. The van der Waals surface area contributed by atoms with E-state index >= 15 is 0 Å². The average Bonchev–Trinajstić information content (AvgIpc) is 3.16. The Labute approximate surface area is 131 Å². The maximum atomic E-state index is 12.3. The van der Waals surface area contributed by atoms with Gasteiger partial charge >= 0.3 is 0 Å². The molecule has 0 aliphatic carbocycles. The standard InChI is InChI=1S/C16H14N2O3S/c1-10-13(8-9-20-10)15-17-18-16(21-15)22-11(2)14(19)12-6-4-3-5-7-12/h3-9,11H,1-2H3. The quantitative estimate of drug-likeness (QED) is 0.523. The lowest BCUT2D eigenvalue weighted by Crippen LogP contribution is -2.13. The lowest BCUT2D eigenvalue weighted by Gasteiger charge is -2.06. The Morgan fingerprint density at radius 3 is 2.64 bits per heavy atom. The van der Waals surface area contributed by atoms with E-state index in [1.165, 1.54) is 11.8 Å². The summed E-state index contributed by atoms with van der Waals surface area (Å²) < 4.78 is 10.8. The summed E-state index contributed by atoms with van der Waals surface area (Å²) in [7, 11) is 0. The minimum atomic E-state index is -0.304. The molecule has 0 radical (unpaired) electrons. The van der Waals surface area contributed by atoms with Crippen molar-refractivity contribution >= 4 is 17.5 Å². The third kappa shape index (κ3) is 2.96. The van der Waals surface area contributed by atoms with Crippen LogP contribution in [0.1, 0.15) is 23.0 Å². The molecule has 0 amide bonds. The summed E-state index contributed by atoms with van der Waals surface area (Å²) >= 11 is 1.25. The molecule has 22 heavy (non-hydrogen) atoms. The molecule has 0 bridgehead atoms. The number of carbonyl (C=O) groups is 1. The van der Waals surface area contributed by atoms with Crippen LogP contribution in [0.2, 0.25) is 0 Å². The first-order chi connectivity index (χ1) is 10.6. The molecule has 2 heterocycles. The van der Waals surface area contributed by atoms with Crippen molar-refractivity contribution in [3.63, 3.8) is 0 Å². The second-order valence-electron chi connectivity index (χ2n) is 4.75. The van der Waals surface area contributed by atoms with E-state index < -0.39 is 0 Å². The number of Topliss-reactive ketones (excluding diaryl/α,β-unsaturated/α-hetero) is 1. The first kappa shape index (κ1) is 14.6. The zero-order valence-corrected chi connectivity index (χ0v) is 13.0. The molecule has 2 aromatic heterocycles. The summed E-state index contributed by atoms with van der Waals surface area (Å²) in [6, 6.07) is 10.9. The number of aryl methyl sites for hydroxylation is 1. The van der Waals surface area contributed by atoms with E-state index in [9.17, 15) is 4.79 Å². The van der Waals surface area contributed by atoms with E-state index in [1.54, 1.807) is 24.5 Å². The molecule has 0 aliphatic heterocycles.